The summed E-state index contributed by atoms with van der Waals surface area (Å²) in [7, 11) is -3.62. The summed E-state index contributed by atoms with van der Waals surface area (Å²) in [6.45, 7) is 1.41. The summed E-state index contributed by atoms with van der Waals surface area (Å²) < 4.78 is 27.1. The van der Waals surface area contributed by atoms with Crippen molar-refractivity contribution >= 4 is 39.1 Å². The van der Waals surface area contributed by atoms with E-state index in [4.69, 9.17) is 0 Å². The lowest BCUT2D eigenvalue weighted by molar-refractivity contribution is -0.114. The molecule has 0 aliphatic heterocycles. The molecule has 0 radical (unpaired) electrons. The number of thioether (sulfide) groups is 1. The van der Waals surface area contributed by atoms with Crippen molar-refractivity contribution in [1.82, 2.24) is 0 Å². The van der Waals surface area contributed by atoms with Crippen LogP contribution in [0.1, 0.15) is 6.92 Å². The molecule has 0 saturated heterocycles. The normalized spacial score (nSPS) is 11.0. The van der Waals surface area contributed by atoms with Crippen LogP contribution in [0, 0.1) is 0 Å². The van der Waals surface area contributed by atoms with E-state index in [0.717, 1.165) is 4.90 Å². The number of rotatable bonds is 5. The fraction of sp³-hybridized carbons (Fsp3) is 0.133. The number of carbonyl (C=O) groups excluding carboxylic acids is 1. The molecule has 2 N–H and O–H groups in total. The Morgan fingerprint density at radius 3 is 2.00 bits per heavy atom. The topological polar surface area (TPSA) is 75.3 Å². The average Bonchev–Trinajstić information content (AvgIpc) is 2.48. The van der Waals surface area contributed by atoms with Crippen molar-refractivity contribution in [3.8, 4) is 0 Å². The predicted octanol–water partition coefficient (Wildman–Crippen LogP) is 3.17. The first-order valence-corrected chi connectivity index (χ1v) is 9.16. The first-order valence-electron chi connectivity index (χ1n) is 6.45. The van der Waals surface area contributed by atoms with Crippen LogP contribution >= 0.6 is 11.8 Å². The van der Waals surface area contributed by atoms with Gasteiger partial charge in [-0.3, -0.25) is 9.52 Å². The monoisotopic (exact) mass is 336 g/mol. The largest absolute Gasteiger partial charge is 0.326 e. The van der Waals surface area contributed by atoms with Gasteiger partial charge in [0.25, 0.3) is 10.0 Å². The quantitative estimate of drug-likeness (QED) is 0.823. The Balaban J connectivity index is 2.15. The van der Waals surface area contributed by atoms with Gasteiger partial charge in [-0.1, -0.05) is 0 Å². The Kier molecular flexibility index (Phi) is 5.10. The highest BCUT2D eigenvalue weighted by molar-refractivity contribution is 7.98. The molecule has 116 valence electrons. The van der Waals surface area contributed by atoms with Crippen molar-refractivity contribution in [1.29, 1.82) is 0 Å². The van der Waals surface area contributed by atoms with E-state index in [0.29, 0.717) is 11.4 Å². The molecule has 1 amide bonds. The zero-order valence-electron chi connectivity index (χ0n) is 12.2. The second kappa shape index (κ2) is 6.85. The predicted molar refractivity (Wildman–Crippen MR) is 89.8 cm³/mol. The van der Waals surface area contributed by atoms with E-state index in [1.165, 1.54) is 6.92 Å². The number of hydrogen-bond acceptors (Lipinski definition) is 4. The van der Waals surface area contributed by atoms with E-state index in [1.54, 1.807) is 60.3 Å². The number of amides is 1. The Labute approximate surface area is 134 Å². The van der Waals surface area contributed by atoms with Gasteiger partial charge in [-0.15, -0.1) is 11.8 Å². The van der Waals surface area contributed by atoms with Crippen LogP contribution in [0.2, 0.25) is 0 Å². The third-order valence-corrected chi connectivity index (χ3v) is 4.97. The molecule has 5 nitrogen and oxygen atoms in total. The molecular weight excluding hydrogens is 320 g/mol. The summed E-state index contributed by atoms with van der Waals surface area (Å²) in [5.41, 5.74) is 1.04. The van der Waals surface area contributed by atoms with Crippen molar-refractivity contribution in [2.75, 3.05) is 16.3 Å². The summed E-state index contributed by atoms with van der Waals surface area (Å²) in [6.07, 6.45) is 1.93. The van der Waals surface area contributed by atoms with Gasteiger partial charge in [0, 0.05) is 23.2 Å². The number of hydrogen-bond donors (Lipinski definition) is 2. The van der Waals surface area contributed by atoms with Gasteiger partial charge in [0.05, 0.1) is 4.90 Å². The number of carbonyl (C=O) groups is 1. The Morgan fingerprint density at radius 1 is 0.955 bits per heavy atom. The van der Waals surface area contributed by atoms with Crippen LogP contribution < -0.4 is 10.0 Å². The first kappa shape index (κ1) is 16.4. The Morgan fingerprint density at radius 2 is 1.50 bits per heavy atom. The van der Waals surface area contributed by atoms with Gasteiger partial charge in [0.2, 0.25) is 5.91 Å². The van der Waals surface area contributed by atoms with Crippen molar-refractivity contribution < 1.29 is 13.2 Å². The fourth-order valence-electron chi connectivity index (χ4n) is 1.79. The zero-order valence-corrected chi connectivity index (χ0v) is 13.8. The van der Waals surface area contributed by atoms with E-state index in [1.807, 2.05) is 6.26 Å². The van der Waals surface area contributed by atoms with Crippen LogP contribution in [-0.4, -0.2) is 20.6 Å². The standard InChI is InChI=1S/C15H16N2O3S2/c1-11(18)16-12-3-5-13(6-4-12)17-22(19,20)15-9-7-14(21-2)8-10-15/h3-10,17H,1-2H3,(H,16,18). The van der Waals surface area contributed by atoms with Gasteiger partial charge >= 0.3 is 0 Å². The molecule has 7 heteroatoms. The lowest BCUT2D eigenvalue weighted by Crippen LogP contribution is -2.13. The van der Waals surface area contributed by atoms with Gasteiger partial charge in [-0.05, 0) is 54.8 Å². The SMILES string of the molecule is CSc1ccc(S(=O)(=O)Nc2ccc(NC(C)=O)cc2)cc1. The molecule has 0 aliphatic rings. The van der Waals surface area contributed by atoms with E-state index in [2.05, 4.69) is 10.0 Å². The molecule has 22 heavy (non-hydrogen) atoms. The third kappa shape index (κ3) is 4.25. The lowest BCUT2D eigenvalue weighted by Gasteiger charge is -2.09. The average molecular weight is 336 g/mol. The second-order valence-electron chi connectivity index (χ2n) is 4.54. The van der Waals surface area contributed by atoms with E-state index >= 15 is 0 Å². The van der Waals surface area contributed by atoms with E-state index in [9.17, 15) is 13.2 Å². The number of sulfonamides is 1. The van der Waals surface area contributed by atoms with Crippen LogP contribution in [0.3, 0.4) is 0 Å². The first-order chi connectivity index (χ1) is 10.4. The van der Waals surface area contributed by atoms with Gasteiger partial charge in [-0.2, -0.15) is 0 Å². The smallest absolute Gasteiger partial charge is 0.261 e. The molecule has 0 heterocycles. The summed E-state index contributed by atoms with van der Waals surface area (Å²) in [6, 6.07) is 13.1. The van der Waals surface area contributed by atoms with Crippen molar-refractivity contribution in [3.63, 3.8) is 0 Å². The molecule has 0 fully saturated rings. The van der Waals surface area contributed by atoms with Gasteiger partial charge in [0.1, 0.15) is 0 Å². The fourth-order valence-corrected chi connectivity index (χ4v) is 3.26. The molecule has 0 aromatic heterocycles. The van der Waals surface area contributed by atoms with Crippen molar-refractivity contribution in [3.05, 3.63) is 48.5 Å². The van der Waals surface area contributed by atoms with E-state index < -0.39 is 10.0 Å². The molecule has 0 unspecified atom stereocenters. The van der Waals surface area contributed by atoms with Gasteiger partial charge < -0.3 is 5.32 Å². The summed E-state index contributed by atoms with van der Waals surface area (Å²) >= 11 is 1.55. The number of anilines is 2. The number of nitrogens with one attached hydrogen (secondary N) is 2. The molecule has 0 aliphatic carbocycles. The summed E-state index contributed by atoms with van der Waals surface area (Å²) in [5.74, 6) is -0.179. The maximum absolute atomic E-state index is 12.3. The molecule has 2 aromatic carbocycles. The van der Waals surface area contributed by atoms with Crippen LogP contribution in [0.25, 0.3) is 0 Å². The minimum Gasteiger partial charge on any atom is -0.326 e. The highest BCUT2D eigenvalue weighted by atomic mass is 32.2. The third-order valence-electron chi connectivity index (χ3n) is 2.83. The molecule has 0 saturated carbocycles. The zero-order chi connectivity index (χ0) is 16.2. The van der Waals surface area contributed by atoms with Crippen molar-refractivity contribution in [2.24, 2.45) is 0 Å². The molecule has 0 spiro atoms. The van der Waals surface area contributed by atoms with Crippen LogP contribution in [0.5, 0.6) is 0 Å². The molecule has 2 aromatic rings. The van der Waals surface area contributed by atoms with Crippen LogP contribution in [0.4, 0.5) is 11.4 Å². The number of benzene rings is 2. The molecule has 0 bridgehead atoms. The second-order valence-corrected chi connectivity index (χ2v) is 7.10. The minimum absolute atomic E-state index is 0.179. The van der Waals surface area contributed by atoms with Crippen molar-refractivity contribution in [2.45, 2.75) is 16.7 Å². The molecular formula is C15H16N2O3S2. The maximum atomic E-state index is 12.3. The van der Waals surface area contributed by atoms with Gasteiger partial charge in [-0.25, -0.2) is 8.42 Å². The Hall–Kier alpha value is -1.99. The van der Waals surface area contributed by atoms with Gasteiger partial charge in [0.15, 0.2) is 0 Å². The summed E-state index contributed by atoms with van der Waals surface area (Å²) in [5, 5.41) is 2.62. The van der Waals surface area contributed by atoms with E-state index in [-0.39, 0.29) is 10.8 Å². The molecule has 2 rings (SSSR count). The maximum Gasteiger partial charge on any atom is 0.261 e. The lowest BCUT2D eigenvalue weighted by atomic mass is 10.3. The van der Waals surface area contributed by atoms with Crippen LogP contribution in [0.15, 0.2) is 58.3 Å². The minimum atomic E-state index is -3.62. The Bertz CT molecular complexity index is 754. The van der Waals surface area contributed by atoms with Crippen LogP contribution in [-0.2, 0) is 14.8 Å². The highest BCUT2D eigenvalue weighted by Crippen LogP contribution is 2.21. The molecule has 0 atom stereocenters. The summed E-state index contributed by atoms with van der Waals surface area (Å²) in [4.78, 5) is 12.1. The highest BCUT2D eigenvalue weighted by Gasteiger charge is 2.13.